The van der Waals surface area contributed by atoms with Crippen LogP contribution in [0.25, 0.3) is 0 Å². The van der Waals surface area contributed by atoms with Gasteiger partial charge in [0.1, 0.15) is 12.4 Å². The van der Waals surface area contributed by atoms with E-state index < -0.39 is 12.0 Å². The Kier molecular flexibility index (Phi) is 5.32. The molecule has 0 saturated carbocycles. The van der Waals surface area contributed by atoms with Crippen molar-refractivity contribution in [3.05, 3.63) is 40.4 Å². The Labute approximate surface area is 138 Å². The number of carboxylic acid groups (broad SMARTS) is 1. The van der Waals surface area contributed by atoms with Gasteiger partial charge in [-0.15, -0.1) is 0 Å². The summed E-state index contributed by atoms with van der Waals surface area (Å²) < 4.78 is 5.47. The number of halogens is 2. The summed E-state index contributed by atoms with van der Waals surface area (Å²) in [5, 5.41) is 9.52. The van der Waals surface area contributed by atoms with Gasteiger partial charge in [-0.25, -0.2) is 4.79 Å². The van der Waals surface area contributed by atoms with Gasteiger partial charge in [0.2, 0.25) is 0 Å². The average molecular weight is 344 g/mol. The minimum absolute atomic E-state index is 0.176. The van der Waals surface area contributed by atoms with Crippen LogP contribution >= 0.6 is 23.2 Å². The summed E-state index contributed by atoms with van der Waals surface area (Å²) >= 11 is 11.9. The smallest absolute Gasteiger partial charge is 0.407 e. The Morgan fingerprint density at radius 3 is 2.68 bits per heavy atom. The molecule has 5 nitrogen and oxygen atoms in total. The number of Topliss-reactive ketones (excluding diaryl/α,β-unsaturated/α-hetero) is 1. The molecular formula is C15H15Cl2NO4. The third-order valence-corrected chi connectivity index (χ3v) is 4.20. The number of hydrogen-bond acceptors (Lipinski definition) is 3. The second-order valence-electron chi connectivity index (χ2n) is 4.94. The molecule has 1 saturated heterocycles. The number of amides is 1. The van der Waals surface area contributed by atoms with E-state index >= 15 is 0 Å². The quantitative estimate of drug-likeness (QED) is 0.653. The Balaban J connectivity index is 2.26. The normalized spacial score (nSPS) is 17.4. The van der Waals surface area contributed by atoms with Crippen molar-refractivity contribution in [1.82, 2.24) is 4.90 Å². The monoisotopic (exact) mass is 343 g/mol. The van der Waals surface area contributed by atoms with Crippen LogP contribution in [0.5, 0.6) is 5.75 Å². The Morgan fingerprint density at radius 1 is 1.41 bits per heavy atom. The Hall–Kier alpha value is -1.72. The van der Waals surface area contributed by atoms with Crippen LogP contribution in [0.1, 0.15) is 16.8 Å². The molecule has 0 radical (unpaired) electrons. The van der Waals surface area contributed by atoms with Crippen LogP contribution in [0, 0.1) is 5.92 Å². The fourth-order valence-corrected chi connectivity index (χ4v) is 2.67. The fourth-order valence-electron chi connectivity index (χ4n) is 2.36. The predicted molar refractivity (Wildman–Crippen MR) is 84.2 cm³/mol. The zero-order valence-electron chi connectivity index (χ0n) is 11.7. The van der Waals surface area contributed by atoms with Crippen molar-refractivity contribution in [3.8, 4) is 5.75 Å². The van der Waals surface area contributed by atoms with Crippen molar-refractivity contribution in [3.63, 3.8) is 0 Å². The minimum Gasteiger partial charge on any atom is -0.489 e. The lowest BCUT2D eigenvalue weighted by atomic mass is 9.96. The van der Waals surface area contributed by atoms with E-state index in [0.717, 1.165) is 0 Å². The first-order valence-corrected chi connectivity index (χ1v) is 7.44. The van der Waals surface area contributed by atoms with E-state index in [4.69, 9.17) is 33.0 Å². The van der Waals surface area contributed by atoms with Crippen molar-refractivity contribution >= 4 is 35.1 Å². The molecule has 1 amide bonds. The van der Waals surface area contributed by atoms with Gasteiger partial charge in [-0.05, 0) is 12.5 Å². The van der Waals surface area contributed by atoms with E-state index in [1.165, 1.54) is 17.0 Å². The van der Waals surface area contributed by atoms with Crippen LogP contribution < -0.4 is 4.74 Å². The molecule has 1 aromatic carbocycles. The number of carbonyl (C=O) groups excluding carboxylic acids is 1. The summed E-state index contributed by atoms with van der Waals surface area (Å²) in [6, 6.07) is 2.96. The number of benzene rings is 1. The lowest BCUT2D eigenvalue weighted by molar-refractivity contribution is 0.0918. The topological polar surface area (TPSA) is 66.8 Å². The molecule has 1 fully saturated rings. The summed E-state index contributed by atoms with van der Waals surface area (Å²) in [5.41, 5.74) is 0.313. The third kappa shape index (κ3) is 3.54. The molecule has 1 atom stereocenters. The van der Waals surface area contributed by atoms with Crippen LogP contribution in [0.4, 0.5) is 4.79 Å². The van der Waals surface area contributed by atoms with E-state index in [-0.39, 0.29) is 29.0 Å². The maximum Gasteiger partial charge on any atom is 0.407 e. The number of likely N-dealkylation sites (tertiary alicyclic amines) is 1. The molecule has 118 valence electrons. The first kappa shape index (κ1) is 16.6. The van der Waals surface area contributed by atoms with Crippen LogP contribution in [-0.4, -0.2) is 41.6 Å². The SMILES string of the molecule is C=CCOc1cc(Cl)c(Cl)cc1C(=O)[C@@H]1CCN(C(=O)O)C1. The van der Waals surface area contributed by atoms with Crippen molar-refractivity contribution in [1.29, 1.82) is 0 Å². The second kappa shape index (κ2) is 7.03. The third-order valence-electron chi connectivity index (χ3n) is 3.47. The molecular weight excluding hydrogens is 329 g/mol. The second-order valence-corrected chi connectivity index (χ2v) is 5.75. The molecule has 7 heteroatoms. The van der Waals surface area contributed by atoms with Gasteiger partial charge in [-0.3, -0.25) is 4.79 Å². The molecule has 1 aliphatic heterocycles. The first-order chi connectivity index (χ1) is 10.4. The molecule has 1 heterocycles. The summed E-state index contributed by atoms with van der Waals surface area (Å²) in [6.07, 6.45) is 1.01. The van der Waals surface area contributed by atoms with Gasteiger partial charge in [0, 0.05) is 25.1 Å². The maximum atomic E-state index is 12.6. The zero-order valence-corrected chi connectivity index (χ0v) is 13.2. The van der Waals surface area contributed by atoms with Crippen molar-refractivity contribution < 1.29 is 19.4 Å². The van der Waals surface area contributed by atoms with Crippen LogP contribution in [-0.2, 0) is 0 Å². The van der Waals surface area contributed by atoms with E-state index in [9.17, 15) is 9.59 Å². The van der Waals surface area contributed by atoms with E-state index in [1.54, 1.807) is 6.08 Å². The van der Waals surface area contributed by atoms with Gasteiger partial charge in [0.05, 0.1) is 15.6 Å². The average Bonchev–Trinajstić information content (AvgIpc) is 2.97. The van der Waals surface area contributed by atoms with Gasteiger partial charge < -0.3 is 14.7 Å². The Bertz CT molecular complexity index is 618. The summed E-state index contributed by atoms with van der Waals surface area (Å²) in [5.74, 6) is -0.270. The Morgan fingerprint density at radius 2 is 2.09 bits per heavy atom. The lowest BCUT2D eigenvalue weighted by Gasteiger charge is -2.15. The highest BCUT2D eigenvalue weighted by Gasteiger charge is 2.33. The number of ketones is 1. The van der Waals surface area contributed by atoms with Crippen LogP contribution in [0.15, 0.2) is 24.8 Å². The van der Waals surface area contributed by atoms with Crippen molar-refractivity contribution in [2.75, 3.05) is 19.7 Å². The first-order valence-electron chi connectivity index (χ1n) is 6.69. The fraction of sp³-hybridized carbons (Fsp3) is 0.333. The highest BCUT2D eigenvalue weighted by molar-refractivity contribution is 6.42. The van der Waals surface area contributed by atoms with Crippen molar-refractivity contribution in [2.45, 2.75) is 6.42 Å². The molecule has 1 aliphatic rings. The number of ether oxygens (including phenoxy) is 1. The van der Waals surface area contributed by atoms with Gasteiger partial charge in [0.15, 0.2) is 5.78 Å². The molecule has 0 aliphatic carbocycles. The highest BCUT2D eigenvalue weighted by Crippen LogP contribution is 2.33. The molecule has 2 rings (SSSR count). The molecule has 0 spiro atoms. The van der Waals surface area contributed by atoms with Gasteiger partial charge in [-0.2, -0.15) is 0 Å². The molecule has 1 N–H and O–H groups in total. The summed E-state index contributed by atoms with van der Waals surface area (Å²) in [7, 11) is 0. The molecule has 0 bridgehead atoms. The zero-order chi connectivity index (χ0) is 16.3. The number of rotatable bonds is 5. The van der Waals surface area contributed by atoms with Crippen LogP contribution in [0.3, 0.4) is 0 Å². The van der Waals surface area contributed by atoms with Gasteiger partial charge in [-0.1, -0.05) is 35.9 Å². The van der Waals surface area contributed by atoms with Crippen molar-refractivity contribution in [2.24, 2.45) is 5.92 Å². The van der Waals surface area contributed by atoms with E-state index in [1.807, 2.05) is 0 Å². The predicted octanol–water partition coefficient (Wildman–Crippen LogP) is 3.74. The van der Waals surface area contributed by atoms with Crippen LogP contribution in [0.2, 0.25) is 10.0 Å². The standard InChI is InChI=1S/C15H15Cl2NO4/c1-2-5-22-13-7-12(17)11(16)6-10(13)14(19)9-3-4-18(8-9)15(20)21/h2,6-7,9H,1,3-5,8H2,(H,20,21)/t9-/m1/s1. The van der Waals surface area contributed by atoms with Gasteiger partial charge in [0.25, 0.3) is 0 Å². The van der Waals surface area contributed by atoms with E-state index in [0.29, 0.717) is 24.3 Å². The number of carbonyl (C=O) groups is 2. The molecule has 22 heavy (non-hydrogen) atoms. The van der Waals surface area contributed by atoms with E-state index in [2.05, 4.69) is 6.58 Å². The highest BCUT2D eigenvalue weighted by atomic mass is 35.5. The molecule has 1 aromatic rings. The summed E-state index contributed by atoms with van der Waals surface area (Å²) in [4.78, 5) is 24.8. The number of nitrogens with zero attached hydrogens (tertiary/aromatic N) is 1. The molecule has 0 unspecified atom stereocenters. The lowest BCUT2D eigenvalue weighted by Crippen LogP contribution is -2.28. The number of hydrogen-bond donors (Lipinski definition) is 1. The molecule has 0 aromatic heterocycles. The minimum atomic E-state index is -1.02. The maximum absolute atomic E-state index is 12.6. The summed E-state index contributed by atoms with van der Waals surface area (Å²) in [6.45, 7) is 4.30. The largest absolute Gasteiger partial charge is 0.489 e. The van der Waals surface area contributed by atoms with Gasteiger partial charge >= 0.3 is 6.09 Å².